The highest BCUT2D eigenvalue weighted by Crippen LogP contribution is 2.15. The minimum absolute atomic E-state index is 0.169. The van der Waals surface area contributed by atoms with Crippen molar-refractivity contribution in [3.8, 4) is 0 Å². The molecular formula is C24H20ClN3O2S. The lowest BCUT2D eigenvalue weighted by molar-refractivity contribution is 0.0951. The number of benzene rings is 3. The molecule has 7 heteroatoms. The van der Waals surface area contributed by atoms with Gasteiger partial charge < -0.3 is 10.3 Å². The van der Waals surface area contributed by atoms with Gasteiger partial charge in [-0.15, -0.1) is 0 Å². The SMILES string of the molecule is O=C(NCc1ccccc1Cl)c1ccc2c(=O)n(CCc3ccccc3)c(=S)[nH]c2c1. The zero-order valence-electron chi connectivity index (χ0n) is 16.6. The van der Waals surface area contributed by atoms with Crippen molar-refractivity contribution in [3.05, 3.63) is 110 Å². The third-order valence-corrected chi connectivity index (χ3v) is 5.80. The molecule has 4 aromatic rings. The summed E-state index contributed by atoms with van der Waals surface area (Å²) in [5.74, 6) is -0.255. The molecule has 1 amide bonds. The van der Waals surface area contributed by atoms with Crippen LogP contribution >= 0.6 is 23.8 Å². The summed E-state index contributed by atoms with van der Waals surface area (Å²) in [5.41, 5.74) is 2.77. The number of carbonyl (C=O) groups excluding carboxylic acids is 1. The van der Waals surface area contributed by atoms with E-state index in [0.29, 0.717) is 45.8 Å². The zero-order chi connectivity index (χ0) is 21.8. The first-order valence-corrected chi connectivity index (χ1v) is 10.6. The van der Waals surface area contributed by atoms with Crippen LogP contribution in [0.5, 0.6) is 0 Å². The number of nitrogens with zero attached hydrogens (tertiary/aromatic N) is 1. The predicted octanol–water partition coefficient (Wildman–Crippen LogP) is 4.89. The largest absolute Gasteiger partial charge is 0.348 e. The van der Waals surface area contributed by atoms with Crippen LogP contribution in [0.3, 0.4) is 0 Å². The average molecular weight is 450 g/mol. The van der Waals surface area contributed by atoms with E-state index < -0.39 is 0 Å². The van der Waals surface area contributed by atoms with Gasteiger partial charge in [0.15, 0.2) is 4.77 Å². The fourth-order valence-electron chi connectivity index (χ4n) is 3.40. The van der Waals surface area contributed by atoms with Gasteiger partial charge in [-0.3, -0.25) is 14.2 Å². The Hall–Kier alpha value is -3.22. The number of halogens is 1. The van der Waals surface area contributed by atoms with Crippen molar-refractivity contribution in [2.45, 2.75) is 19.5 Å². The molecule has 1 heterocycles. The number of aryl methyl sites for hydroxylation is 1. The molecule has 0 fully saturated rings. The van der Waals surface area contributed by atoms with Crippen molar-refractivity contribution in [3.63, 3.8) is 0 Å². The van der Waals surface area contributed by atoms with Gasteiger partial charge in [0.1, 0.15) is 0 Å². The third kappa shape index (κ3) is 4.76. The number of carbonyl (C=O) groups is 1. The van der Waals surface area contributed by atoms with Crippen LogP contribution in [0, 0.1) is 4.77 Å². The molecule has 5 nitrogen and oxygen atoms in total. The third-order valence-electron chi connectivity index (χ3n) is 5.11. The molecule has 0 bridgehead atoms. The van der Waals surface area contributed by atoms with E-state index in [1.165, 1.54) is 0 Å². The second-order valence-electron chi connectivity index (χ2n) is 7.16. The van der Waals surface area contributed by atoms with E-state index in [2.05, 4.69) is 10.3 Å². The molecular weight excluding hydrogens is 430 g/mol. The number of hydrogen-bond acceptors (Lipinski definition) is 3. The van der Waals surface area contributed by atoms with Gasteiger partial charge in [-0.2, -0.15) is 0 Å². The molecule has 0 aliphatic rings. The topological polar surface area (TPSA) is 66.9 Å². The molecule has 3 aromatic carbocycles. The van der Waals surface area contributed by atoms with Crippen LogP contribution in [0.15, 0.2) is 77.6 Å². The highest BCUT2D eigenvalue weighted by Gasteiger charge is 2.11. The molecule has 31 heavy (non-hydrogen) atoms. The summed E-state index contributed by atoms with van der Waals surface area (Å²) in [6.45, 7) is 0.793. The Morgan fingerprint density at radius 2 is 1.77 bits per heavy atom. The molecule has 0 saturated carbocycles. The van der Waals surface area contributed by atoms with Crippen molar-refractivity contribution in [1.29, 1.82) is 0 Å². The van der Waals surface area contributed by atoms with Gasteiger partial charge in [0.25, 0.3) is 11.5 Å². The van der Waals surface area contributed by atoms with E-state index >= 15 is 0 Å². The number of rotatable bonds is 6. The number of fused-ring (bicyclic) bond motifs is 1. The summed E-state index contributed by atoms with van der Waals surface area (Å²) in [7, 11) is 0. The van der Waals surface area contributed by atoms with Gasteiger partial charge in [0.05, 0.1) is 10.9 Å². The first-order valence-electron chi connectivity index (χ1n) is 9.85. The monoisotopic (exact) mass is 449 g/mol. The predicted molar refractivity (Wildman–Crippen MR) is 126 cm³/mol. The number of aromatic amines is 1. The van der Waals surface area contributed by atoms with Crippen molar-refractivity contribution in [1.82, 2.24) is 14.9 Å². The molecule has 4 rings (SSSR count). The number of hydrogen-bond donors (Lipinski definition) is 2. The van der Waals surface area contributed by atoms with Crippen molar-refractivity contribution < 1.29 is 4.79 Å². The Labute approximate surface area is 189 Å². The van der Waals surface area contributed by atoms with E-state index in [-0.39, 0.29) is 11.5 Å². The van der Waals surface area contributed by atoms with Crippen molar-refractivity contribution in [2.75, 3.05) is 0 Å². The van der Waals surface area contributed by atoms with Crippen LogP contribution in [0.25, 0.3) is 10.9 Å². The normalized spacial score (nSPS) is 10.9. The number of amides is 1. The molecule has 1 aromatic heterocycles. The van der Waals surface area contributed by atoms with Gasteiger partial charge in [-0.25, -0.2) is 0 Å². The van der Waals surface area contributed by atoms with Gasteiger partial charge in [-0.1, -0.05) is 60.1 Å². The number of nitrogens with one attached hydrogen (secondary N) is 2. The van der Waals surface area contributed by atoms with Crippen LogP contribution < -0.4 is 10.9 Å². The average Bonchev–Trinajstić information content (AvgIpc) is 2.78. The summed E-state index contributed by atoms with van der Waals surface area (Å²) in [4.78, 5) is 28.6. The summed E-state index contributed by atoms with van der Waals surface area (Å²) in [5, 5.41) is 3.94. The maximum Gasteiger partial charge on any atom is 0.262 e. The zero-order valence-corrected chi connectivity index (χ0v) is 18.2. The number of H-pyrrole nitrogens is 1. The van der Waals surface area contributed by atoms with E-state index in [9.17, 15) is 9.59 Å². The Bertz CT molecular complexity index is 1360. The first-order chi connectivity index (χ1) is 15.0. The Balaban J connectivity index is 1.55. The highest BCUT2D eigenvalue weighted by molar-refractivity contribution is 7.71. The lowest BCUT2D eigenvalue weighted by atomic mass is 10.1. The fraction of sp³-hybridized carbons (Fsp3) is 0.125. The van der Waals surface area contributed by atoms with Crippen molar-refractivity contribution in [2.24, 2.45) is 0 Å². The van der Waals surface area contributed by atoms with Crippen LogP contribution in [0.1, 0.15) is 21.5 Å². The summed E-state index contributed by atoms with van der Waals surface area (Å²) >= 11 is 11.6. The standard InChI is InChI=1S/C24H20ClN3O2S/c25-20-9-5-4-8-18(20)15-26-22(29)17-10-11-19-21(14-17)27-24(31)28(23(19)30)13-12-16-6-2-1-3-7-16/h1-11,14H,12-13,15H2,(H,26,29)(H,27,31). The lowest BCUT2D eigenvalue weighted by Crippen LogP contribution is -2.25. The Morgan fingerprint density at radius 3 is 2.55 bits per heavy atom. The second kappa shape index (κ2) is 9.29. The van der Waals surface area contributed by atoms with Crippen LogP contribution in [-0.4, -0.2) is 15.5 Å². The first kappa shape index (κ1) is 21.0. The Kier molecular flexibility index (Phi) is 6.30. The van der Waals surface area contributed by atoms with Gasteiger partial charge in [0, 0.05) is 23.7 Å². The maximum atomic E-state index is 13.0. The molecule has 0 aliphatic carbocycles. The number of aromatic nitrogens is 2. The van der Waals surface area contributed by atoms with Gasteiger partial charge in [-0.05, 0) is 54.0 Å². The molecule has 0 radical (unpaired) electrons. The fourth-order valence-corrected chi connectivity index (χ4v) is 3.89. The van der Waals surface area contributed by atoms with E-state index in [1.54, 1.807) is 28.8 Å². The minimum atomic E-state index is -0.255. The van der Waals surface area contributed by atoms with Gasteiger partial charge >= 0.3 is 0 Å². The van der Waals surface area contributed by atoms with Crippen LogP contribution in [0.2, 0.25) is 5.02 Å². The quantitative estimate of drug-likeness (QED) is 0.412. The molecule has 0 aliphatic heterocycles. The molecule has 2 N–H and O–H groups in total. The summed E-state index contributed by atoms with van der Waals surface area (Å²) < 4.78 is 1.89. The molecule has 156 valence electrons. The summed E-state index contributed by atoms with van der Waals surface area (Å²) in [6, 6.07) is 22.2. The van der Waals surface area contributed by atoms with Gasteiger partial charge in [0.2, 0.25) is 0 Å². The molecule has 0 spiro atoms. The molecule has 0 atom stereocenters. The Morgan fingerprint density at radius 1 is 1.03 bits per heavy atom. The van der Waals surface area contributed by atoms with Crippen LogP contribution in [0.4, 0.5) is 0 Å². The van der Waals surface area contributed by atoms with E-state index in [1.807, 2.05) is 48.5 Å². The highest BCUT2D eigenvalue weighted by atomic mass is 35.5. The lowest BCUT2D eigenvalue weighted by Gasteiger charge is -2.10. The second-order valence-corrected chi connectivity index (χ2v) is 7.95. The van der Waals surface area contributed by atoms with E-state index in [0.717, 1.165) is 11.1 Å². The van der Waals surface area contributed by atoms with Crippen molar-refractivity contribution >= 4 is 40.6 Å². The van der Waals surface area contributed by atoms with Crippen LogP contribution in [-0.2, 0) is 19.5 Å². The molecule has 0 unspecified atom stereocenters. The maximum absolute atomic E-state index is 13.0. The van der Waals surface area contributed by atoms with E-state index in [4.69, 9.17) is 23.8 Å². The molecule has 0 saturated heterocycles. The smallest absolute Gasteiger partial charge is 0.262 e. The summed E-state index contributed by atoms with van der Waals surface area (Å²) in [6.07, 6.45) is 0.701. The minimum Gasteiger partial charge on any atom is -0.348 e.